The van der Waals surface area contributed by atoms with Crippen molar-refractivity contribution in [2.45, 2.75) is 64.3 Å². The summed E-state index contributed by atoms with van der Waals surface area (Å²) in [6, 6.07) is 0.287. The van der Waals surface area contributed by atoms with Gasteiger partial charge in [-0.3, -0.25) is 0 Å². The van der Waals surface area contributed by atoms with Gasteiger partial charge in [0.2, 0.25) is 0 Å². The van der Waals surface area contributed by atoms with Crippen LogP contribution in [-0.4, -0.2) is 66.3 Å². The van der Waals surface area contributed by atoms with E-state index in [-0.39, 0.29) is 12.6 Å². The molecule has 1 saturated heterocycles. The lowest BCUT2D eigenvalue weighted by Gasteiger charge is -2.36. The zero-order chi connectivity index (χ0) is 16.5. The van der Waals surface area contributed by atoms with Crippen LogP contribution < -0.4 is 5.32 Å². The van der Waals surface area contributed by atoms with Crippen LogP contribution in [-0.2, 0) is 0 Å². The molecule has 0 aromatic rings. The van der Waals surface area contributed by atoms with Crippen LogP contribution in [0.15, 0.2) is 0 Å². The molecule has 5 heteroatoms. The Bertz CT molecular complexity index is 331. The topological polar surface area (TPSA) is 55.8 Å². The molecule has 0 radical (unpaired) electrons. The summed E-state index contributed by atoms with van der Waals surface area (Å²) in [5, 5.41) is 12.2. The van der Waals surface area contributed by atoms with Gasteiger partial charge in [-0.1, -0.05) is 26.2 Å². The molecule has 1 saturated carbocycles. The Morgan fingerprint density at radius 1 is 1.13 bits per heavy atom. The molecule has 2 rings (SSSR count). The molecule has 0 aromatic carbocycles. The van der Waals surface area contributed by atoms with E-state index in [9.17, 15) is 4.79 Å². The third kappa shape index (κ3) is 6.30. The first-order valence-electron chi connectivity index (χ1n) is 9.61. The van der Waals surface area contributed by atoms with Gasteiger partial charge in [0.15, 0.2) is 0 Å². The maximum Gasteiger partial charge on any atom is 0.317 e. The van der Waals surface area contributed by atoms with Crippen molar-refractivity contribution in [3.63, 3.8) is 0 Å². The Labute approximate surface area is 141 Å². The minimum absolute atomic E-state index is 0.00775. The molecule has 2 fully saturated rings. The summed E-state index contributed by atoms with van der Waals surface area (Å²) in [6.45, 7) is 6.71. The number of piperidine rings is 1. The Morgan fingerprint density at radius 3 is 2.43 bits per heavy atom. The number of aliphatic hydroxyl groups excluding tert-OH is 1. The van der Waals surface area contributed by atoms with E-state index >= 15 is 0 Å². The highest BCUT2D eigenvalue weighted by Gasteiger charge is 2.24. The van der Waals surface area contributed by atoms with Gasteiger partial charge in [-0.25, -0.2) is 4.79 Å². The number of likely N-dealkylation sites (tertiary alicyclic amines) is 1. The van der Waals surface area contributed by atoms with Gasteiger partial charge in [0.25, 0.3) is 0 Å². The van der Waals surface area contributed by atoms with Crippen LogP contribution in [0.25, 0.3) is 0 Å². The molecule has 2 amide bonds. The van der Waals surface area contributed by atoms with Crippen LogP contribution in [0.2, 0.25) is 0 Å². The Morgan fingerprint density at radius 2 is 1.83 bits per heavy atom. The summed E-state index contributed by atoms with van der Waals surface area (Å²) in [5.74, 6) is 0.902. The predicted octanol–water partition coefficient (Wildman–Crippen LogP) is 2.45. The minimum Gasteiger partial charge on any atom is -0.395 e. The second-order valence-electron chi connectivity index (χ2n) is 7.24. The third-order valence-corrected chi connectivity index (χ3v) is 5.31. The molecule has 134 valence electrons. The lowest BCUT2D eigenvalue weighted by Crippen LogP contribution is -2.50. The highest BCUT2D eigenvalue weighted by molar-refractivity contribution is 5.74. The van der Waals surface area contributed by atoms with Crippen molar-refractivity contribution >= 4 is 6.03 Å². The fraction of sp³-hybridized carbons (Fsp3) is 0.944. The SMILES string of the molecule is CCCN(CCO)C(=O)NC1CCN(CC2CCCCC2)CC1. The second kappa shape index (κ2) is 10.1. The number of urea groups is 1. The van der Waals surface area contributed by atoms with Crippen LogP contribution in [0.3, 0.4) is 0 Å². The predicted molar refractivity (Wildman–Crippen MR) is 93.5 cm³/mol. The standard InChI is InChI=1S/C18H35N3O2/c1-2-10-21(13-14-22)18(23)19-17-8-11-20(12-9-17)15-16-6-4-3-5-7-16/h16-17,22H,2-15H2,1H3,(H,19,23). The fourth-order valence-electron chi connectivity index (χ4n) is 3.97. The first kappa shape index (κ1) is 18.5. The van der Waals surface area contributed by atoms with Crippen molar-refractivity contribution < 1.29 is 9.90 Å². The maximum absolute atomic E-state index is 12.3. The summed E-state index contributed by atoms with van der Waals surface area (Å²) in [5.41, 5.74) is 0. The molecule has 2 aliphatic rings. The van der Waals surface area contributed by atoms with E-state index in [0.29, 0.717) is 19.1 Å². The van der Waals surface area contributed by atoms with Gasteiger partial charge in [0.05, 0.1) is 6.61 Å². The number of hydrogen-bond acceptors (Lipinski definition) is 3. The molecule has 23 heavy (non-hydrogen) atoms. The molecule has 5 nitrogen and oxygen atoms in total. The second-order valence-corrected chi connectivity index (χ2v) is 7.24. The number of aliphatic hydroxyl groups is 1. The van der Waals surface area contributed by atoms with Gasteiger partial charge >= 0.3 is 6.03 Å². The van der Waals surface area contributed by atoms with Gasteiger partial charge in [-0.2, -0.15) is 0 Å². The van der Waals surface area contributed by atoms with E-state index in [1.165, 1.54) is 38.6 Å². The molecule has 1 aliphatic carbocycles. The van der Waals surface area contributed by atoms with Crippen molar-refractivity contribution in [1.82, 2.24) is 15.1 Å². The molecular formula is C18H35N3O2. The summed E-state index contributed by atoms with van der Waals surface area (Å²) >= 11 is 0. The Hall–Kier alpha value is -0.810. The maximum atomic E-state index is 12.3. The van der Waals surface area contributed by atoms with Gasteiger partial charge in [0.1, 0.15) is 0 Å². The molecule has 0 atom stereocenters. The molecular weight excluding hydrogens is 290 g/mol. The van der Waals surface area contributed by atoms with E-state index in [2.05, 4.69) is 17.1 Å². The lowest BCUT2D eigenvalue weighted by molar-refractivity contribution is 0.145. The monoisotopic (exact) mass is 325 g/mol. The third-order valence-electron chi connectivity index (χ3n) is 5.31. The van der Waals surface area contributed by atoms with Gasteiger partial charge in [0, 0.05) is 38.8 Å². The Kier molecular flexibility index (Phi) is 8.17. The minimum atomic E-state index is -0.00775. The summed E-state index contributed by atoms with van der Waals surface area (Å²) in [6.07, 6.45) is 10.1. The number of hydrogen-bond donors (Lipinski definition) is 2. The molecule has 0 unspecified atom stereocenters. The zero-order valence-electron chi connectivity index (χ0n) is 14.8. The summed E-state index contributed by atoms with van der Waals surface area (Å²) in [4.78, 5) is 16.6. The Balaban J connectivity index is 1.68. The largest absolute Gasteiger partial charge is 0.395 e. The van der Waals surface area contributed by atoms with Crippen molar-refractivity contribution in [3.05, 3.63) is 0 Å². The van der Waals surface area contributed by atoms with Crippen LogP contribution in [0.4, 0.5) is 4.79 Å². The van der Waals surface area contributed by atoms with Crippen molar-refractivity contribution in [3.8, 4) is 0 Å². The average molecular weight is 325 g/mol. The number of carbonyl (C=O) groups is 1. The van der Waals surface area contributed by atoms with E-state index in [1.807, 2.05) is 0 Å². The fourth-order valence-corrected chi connectivity index (χ4v) is 3.97. The molecule has 2 N–H and O–H groups in total. The van der Waals surface area contributed by atoms with E-state index in [0.717, 1.165) is 38.3 Å². The van der Waals surface area contributed by atoms with E-state index in [1.54, 1.807) is 4.90 Å². The quantitative estimate of drug-likeness (QED) is 0.756. The molecule has 0 aromatic heterocycles. The van der Waals surface area contributed by atoms with E-state index < -0.39 is 0 Å². The number of nitrogens with zero attached hydrogens (tertiary/aromatic N) is 2. The van der Waals surface area contributed by atoms with Gasteiger partial charge in [-0.15, -0.1) is 0 Å². The van der Waals surface area contributed by atoms with Gasteiger partial charge in [-0.05, 0) is 38.0 Å². The number of carbonyl (C=O) groups excluding carboxylic acids is 1. The normalized spacial score (nSPS) is 21.3. The number of amides is 2. The highest BCUT2D eigenvalue weighted by Crippen LogP contribution is 2.25. The summed E-state index contributed by atoms with van der Waals surface area (Å²) in [7, 11) is 0. The molecule has 1 heterocycles. The van der Waals surface area contributed by atoms with Crippen molar-refractivity contribution in [2.24, 2.45) is 5.92 Å². The zero-order valence-corrected chi connectivity index (χ0v) is 14.8. The van der Waals surface area contributed by atoms with Crippen molar-refractivity contribution in [1.29, 1.82) is 0 Å². The van der Waals surface area contributed by atoms with E-state index in [4.69, 9.17) is 5.11 Å². The number of nitrogens with one attached hydrogen (secondary N) is 1. The average Bonchev–Trinajstić information content (AvgIpc) is 2.57. The molecule has 0 spiro atoms. The van der Waals surface area contributed by atoms with Crippen LogP contribution in [0.5, 0.6) is 0 Å². The number of rotatable bonds is 7. The first-order chi connectivity index (χ1) is 11.2. The molecule has 0 bridgehead atoms. The van der Waals surface area contributed by atoms with Crippen LogP contribution in [0.1, 0.15) is 58.3 Å². The first-order valence-corrected chi connectivity index (χ1v) is 9.61. The highest BCUT2D eigenvalue weighted by atomic mass is 16.3. The van der Waals surface area contributed by atoms with Gasteiger partial charge < -0.3 is 20.2 Å². The smallest absolute Gasteiger partial charge is 0.317 e. The lowest BCUT2D eigenvalue weighted by atomic mass is 9.88. The molecule has 1 aliphatic heterocycles. The summed E-state index contributed by atoms with van der Waals surface area (Å²) < 4.78 is 0. The van der Waals surface area contributed by atoms with Crippen LogP contribution >= 0.6 is 0 Å². The van der Waals surface area contributed by atoms with Crippen LogP contribution in [0, 0.1) is 5.92 Å². The van der Waals surface area contributed by atoms with Crippen molar-refractivity contribution in [2.75, 3.05) is 39.3 Å².